The van der Waals surface area contributed by atoms with E-state index in [0.717, 1.165) is 11.1 Å². The van der Waals surface area contributed by atoms with Gasteiger partial charge in [-0.25, -0.2) is 0 Å². The zero-order valence-electron chi connectivity index (χ0n) is 17.5. The van der Waals surface area contributed by atoms with Crippen molar-refractivity contribution in [2.75, 3.05) is 13.2 Å². The Hall–Kier alpha value is -2.69. The lowest BCUT2D eigenvalue weighted by Crippen LogP contribution is -2.35. The largest absolute Gasteiger partial charge is 0.491 e. The van der Waals surface area contributed by atoms with Crippen LogP contribution in [0.2, 0.25) is 0 Å². The Morgan fingerprint density at radius 3 is 2.48 bits per heavy atom. The van der Waals surface area contributed by atoms with Crippen LogP contribution in [0.15, 0.2) is 79.1 Å². The standard InChI is InChI=1S/C23H26N2O2/c1-19-9-11-23(12-10-19)27-18-22(26)17-25(15-20-6-3-2-4-7-20)16-21-8-5-13-24-14-21/h2-14,22,26H,15-18H2,1H3/i16D2. The Kier molecular flexibility index (Phi) is 6.02. The van der Waals surface area contributed by atoms with Gasteiger partial charge in [0.1, 0.15) is 18.5 Å². The molecule has 1 N–H and O–H groups in total. The minimum Gasteiger partial charge on any atom is -0.491 e. The summed E-state index contributed by atoms with van der Waals surface area (Å²) >= 11 is 0. The van der Waals surface area contributed by atoms with Gasteiger partial charge in [-0.05, 0) is 36.2 Å². The smallest absolute Gasteiger partial charge is 0.119 e. The van der Waals surface area contributed by atoms with E-state index in [9.17, 15) is 5.11 Å². The molecule has 3 rings (SSSR count). The highest BCUT2D eigenvalue weighted by atomic mass is 16.5. The molecule has 0 saturated carbocycles. The van der Waals surface area contributed by atoms with Crippen molar-refractivity contribution in [1.82, 2.24) is 9.88 Å². The van der Waals surface area contributed by atoms with Crippen LogP contribution in [-0.2, 0) is 13.0 Å². The molecule has 1 heterocycles. The minimum absolute atomic E-state index is 0.0808. The SMILES string of the molecule is [2H]C([2H])(c1cccnc1)N(Cc1ccccc1)CC(O)COc1ccc(C)cc1. The number of rotatable bonds is 9. The van der Waals surface area contributed by atoms with E-state index in [1.807, 2.05) is 61.5 Å². The first-order valence-corrected chi connectivity index (χ1v) is 9.02. The number of ether oxygens (including phenoxy) is 1. The van der Waals surface area contributed by atoms with Crippen molar-refractivity contribution in [2.24, 2.45) is 0 Å². The van der Waals surface area contributed by atoms with Gasteiger partial charge in [0.25, 0.3) is 0 Å². The minimum atomic E-state index is -1.80. The lowest BCUT2D eigenvalue weighted by Gasteiger charge is -2.25. The third-order valence-electron chi connectivity index (χ3n) is 4.06. The average molecular weight is 364 g/mol. The lowest BCUT2D eigenvalue weighted by atomic mass is 10.2. The summed E-state index contributed by atoms with van der Waals surface area (Å²) in [6, 6.07) is 20.7. The van der Waals surface area contributed by atoms with Gasteiger partial charge >= 0.3 is 0 Å². The molecule has 1 atom stereocenters. The predicted octanol–water partition coefficient (Wildman–Crippen LogP) is 3.83. The van der Waals surface area contributed by atoms with Gasteiger partial charge in [0.05, 0.1) is 0 Å². The van der Waals surface area contributed by atoms with Crippen molar-refractivity contribution >= 4 is 0 Å². The van der Waals surface area contributed by atoms with Crippen LogP contribution in [0, 0.1) is 6.92 Å². The van der Waals surface area contributed by atoms with Gasteiger partial charge in [0, 0.05) is 34.7 Å². The number of nitrogens with zero attached hydrogens (tertiary/aromatic N) is 2. The number of benzene rings is 2. The van der Waals surface area contributed by atoms with Gasteiger partial charge in [0.2, 0.25) is 0 Å². The van der Waals surface area contributed by atoms with Crippen LogP contribution in [-0.4, -0.2) is 34.2 Å². The molecule has 27 heavy (non-hydrogen) atoms. The molecule has 0 aliphatic rings. The third kappa shape index (κ3) is 6.51. The van der Waals surface area contributed by atoms with E-state index in [1.165, 1.54) is 6.20 Å². The predicted molar refractivity (Wildman–Crippen MR) is 107 cm³/mol. The summed E-state index contributed by atoms with van der Waals surface area (Å²) in [4.78, 5) is 5.66. The first-order chi connectivity index (χ1) is 13.9. The molecule has 4 heteroatoms. The Labute approximate surface area is 163 Å². The Balaban J connectivity index is 1.72. The highest BCUT2D eigenvalue weighted by molar-refractivity contribution is 5.26. The van der Waals surface area contributed by atoms with Crippen molar-refractivity contribution in [1.29, 1.82) is 0 Å². The quantitative estimate of drug-likeness (QED) is 0.627. The number of aromatic nitrogens is 1. The molecule has 0 fully saturated rings. The van der Waals surface area contributed by atoms with Gasteiger partial charge in [-0.15, -0.1) is 0 Å². The van der Waals surface area contributed by atoms with Crippen LogP contribution in [0.1, 0.15) is 19.4 Å². The summed E-state index contributed by atoms with van der Waals surface area (Å²) in [5, 5.41) is 10.6. The molecular formula is C23H26N2O2. The van der Waals surface area contributed by atoms with Crippen molar-refractivity contribution in [3.05, 3.63) is 95.8 Å². The second-order valence-electron chi connectivity index (χ2n) is 6.50. The summed E-state index contributed by atoms with van der Waals surface area (Å²) in [6.07, 6.45) is 2.28. The van der Waals surface area contributed by atoms with E-state index in [2.05, 4.69) is 4.98 Å². The molecule has 3 aromatic rings. The maximum atomic E-state index is 10.6. The molecule has 0 spiro atoms. The second kappa shape index (κ2) is 9.86. The molecule has 0 saturated heterocycles. The molecule has 2 aromatic carbocycles. The van der Waals surface area contributed by atoms with E-state index in [1.54, 1.807) is 23.2 Å². The van der Waals surface area contributed by atoms with Crippen molar-refractivity contribution in [3.8, 4) is 5.75 Å². The zero-order chi connectivity index (χ0) is 20.7. The first-order valence-electron chi connectivity index (χ1n) is 10.0. The van der Waals surface area contributed by atoms with Crippen LogP contribution in [0.5, 0.6) is 5.75 Å². The Morgan fingerprint density at radius 2 is 1.78 bits per heavy atom. The van der Waals surface area contributed by atoms with Crippen LogP contribution < -0.4 is 4.74 Å². The van der Waals surface area contributed by atoms with Gasteiger partial charge in [-0.3, -0.25) is 9.88 Å². The van der Waals surface area contributed by atoms with E-state index in [0.29, 0.717) is 17.9 Å². The number of hydrogen-bond donors (Lipinski definition) is 1. The molecule has 140 valence electrons. The number of hydrogen-bond acceptors (Lipinski definition) is 4. The monoisotopic (exact) mass is 364 g/mol. The molecule has 1 aromatic heterocycles. The van der Waals surface area contributed by atoms with Crippen LogP contribution in [0.25, 0.3) is 0 Å². The van der Waals surface area contributed by atoms with Crippen molar-refractivity contribution < 1.29 is 12.6 Å². The fourth-order valence-corrected chi connectivity index (χ4v) is 2.70. The normalized spacial score (nSPS) is 13.7. The second-order valence-corrected chi connectivity index (χ2v) is 6.50. The molecule has 0 amide bonds. The van der Waals surface area contributed by atoms with Crippen LogP contribution in [0.4, 0.5) is 0 Å². The number of aliphatic hydroxyl groups excluding tert-OH is 1. The lowest BCUT2D eigenvalue weighted by molar-refractivity contribution is 0.0628. The van der Waals surface area contributed by atoms with E-state index in [4.69, 9.17) is 7.48 Å². The van der Waals surface area contributed by atoms with E-state index in [-0.39, 0.29) is 13.2 Å². The van der Waals surface area contributed by atoms with Crippen LogP contribution >= 0.6 is 0 Å². The molecule has 4 nitrogen and oxygen atoms in total. The Morgan fingerprint density at radius 1 is 1.04 bits per heavy atom. The van der Waals surface area contributed by atoms with E-state index >= 15 is 0 Å². The van der Waals surface area contributed by atoms with Gasteiger partial charge < -0.3 is 9.84 Å². The molecule has 0 radical (unpaired) electrons. The third-order valence-corrected chi connectivity index (χ3v) is 4.06. The fourth-order valence-electron chi connectivity index (χ4n) is 2.70. The highest BCUT2D eigenvalue weighted by Crippen LogP contribution is 2.13. The Bertz CT molecular complexity index is 874. The van der Waals surface area contributed by atoms with Crippen LogP contribution in [0.3, 0.4) is 0 Å². The van der Waals surface area contributed by atoms with Crippen molar-refractivity contribution in [3.63, 3.8) is 0 Å². The first kappa shape index (κ1) is 16.5. The molecule has 0 bridgehead atoms. The van der Waals surface area contributed by atoms with Crippen molar-refractivity contribution in [2.45, 2.75) is 26.1 Å². The van der Waals surface area contributed by atoms with E-state index < -0.39 is 12.6 Å². The molecule has 1 unspecified atom stereocenters. The number of aryl methyl sites for hydroxylation is 1. The average Bonchev–Trinajstić information content (AvgIpc) is 2.74. The summed E-state index contributed by atoms with van der Waals surface area (Å²) in [6.45, 7) is 0.750. The van der Waals surface area contributed by atoms with Gasteiger partial charge in [-0.2, -0.15) is 0 Å². The maximum absolute atomic E-state index is 10.6. The summed E-state index contributed by atoms with van der Waals surface area (Å²) in [5.74, 6) is 0.680. The summed E-state index contributed by atoms with van der Waals surface area (Å²) in [7, 11) is 0. The summed E-state index contributed by atoms with van der Waals surface area (Å²) in [5.41, 5.74) is 2.55. The maximum Gasteiger partial charge on any atom is 0.119 e. The molecular weight excluding hydrogens is 336 g/mol. The highest BCUT2D eigenvalue weighted by Gasteiger charge is 2.14. The number of pyridine rings is 1. The van der Waals surface area contributed by atoms with Gasteiger partial charge in [0.15, 0.2) is 0 Å². The fraction of sp³-hybridized carbons (Fsp3) is 0.261. The number of aliphatic hydroxyl groups is 1. The topological polar surface area (TPSA) is 45.6 Å². The molecule has 0 aliphatic heterocycles. The summed E-state index contributed by atoms with van der Waals surface area (Å²) < 4.78 is 23.1. The van der Waals surface area contributed by atoms with Gasteiger partial charge in [-0.1, -0.05) is 54.1 Å². The zero-order valence-corrected chi connectivity index (χ0v) is 15.5. The molecule has 0 aliphatic carbocycles.